The Hall–Kier alpha value is -3.34. The number of hydrogen-bond donors (Lipinski definition) is 0. The molecule has 1 aliphatic heterocycles. The van der Waals surface area contributed by atoms with Gasteiger partial charge in [0.1, 0.15) is 0 Å². The Balaban J connectivity index is 1.90. The molecule has 1 heterocycles. The van der Waals surface area contributed by atoms with Gasteiger partial charge in [-0.05, 0) is 63.9 Å². The van der Waals surface area contributed by atoms with Crippen molar-refractivity contribution in [2.24, 2.45) is 0 Å². The average molecular weight is 417 g/mol. The maximum atomic E-state index is 2.47. The predicted molar refractivity (Wildman–Crippen MR) is 138 cm³/mol. The van der Waals surface area contributed by atoms with Crippen LogP contribution in [-0.4, -0.2) is 12.0 Å². The van der Waals surface area contributed by atoms with Crippen LogP contribution in [0.15, 0.2) is 133 Å². The van der Waals surface area contributed by atoms with Gasteiger partial charge in [0.2, 0.25) is 0 Å². The van der Waals surface area contributed by atoms with E-state index in [0.29, 0.717) is 0 Å². The molecular formula is C30H25P. The van der Waals surface area contributed by atoms with E-state index in [1.54, 1.807) is 0 Å². The van der Waals surface area contributed by atoms with Gasteiger partial charge in [-0.2, -0.15) is 0 Å². The highest BCUT2D eigenvalue weighted by Crippen LogP contribution is 2.60. The Labute approximate surface area is 185 Å². The standard InChI is InChI=1S/C30H25P/c1-31(28-20-12-5-13-21-28)29(25-16-8-3-9-17-25)22-27(24-14-6-2-7-15-24)23-30(31)26-18-10-4-11-19-26/h2-23H,1H3. The first-order valence-corrected chi connectivity index (χ1v) is 12.9. The first-order valence-electron chi connectivity index (χ1n) is 10.7. The molecule has 0 aromatic heterocycles. The zero-order valence-corrected chi connectivity index (χ0v) is 18.5. The van der Waals surface area contributed by atoms with E-state index < -0.39 is 6.89 Å². The van der Waals surface area contributed by atoms with Gasteiger partial charge in [0.15, 0.2) is 0 Å². The topological polar surface area (TPSA) is 0 Å². The lowest BCUT2D eigenvalue weighted by atomic mass is 10.0. The van der Waals surface area contributed by atoms with Gasteiger partial charge in [-0.3, -0.25) is 0 Å². The number of allylic oxidation sites excluding steroid dienone is 3. The highest BCUT2D eigenvalue weighted by Gasteiger charge is 2.29. The molecule has 4 aromatic carbocycles. The summed E-state index contributed by atoms with van der Waals surface area (Å²) in [7, 11) is 0. The second-order valence-electron chi connectivity index (χ2n) is 7.95. The van der Waals surface area contributed by atoms with Crippen molar-refractivity contribution in [2.45, 2.75) is 0 Å². The summed E-state index contributed by atoms with van der Waals surface area (Å²) in [5, 5.41) is 4.27. The third kappa shape index (κ3) is 3.65. The lowest BCUT2D eigenvalue weighted by Gasteiger charge is -2.33. The first kappa shape index (κ1) is 19.6. The molecule has 1 unspecified atom stereocenters. The SMILES string of the molecule is CP1(c2ccccc2)=C(c2ccccc2)C=C(c2ccccc2)C=C1c1ccccc1. The fraction of sp³-hybridized carbons (Fsp3) is 0.0333. The van der Waals surface area contributed by atoms with Crippen LogP contribution >= 0.6 is 6.89 Å². The van der Waals surface area contributed by atoms with Crippen molar-refractivity contribution < 1.29 is 0 Å². The van der Waals surface area contributed by atoms with Crippen LogP contribution in [0.3, 0.4) is 0 Å². The van der Waals surface area contributed by atoms with Crippen molar-refractivity contribution in [1.29, 1.82) is 0 Å². The summed E-state index contributed by atoms with van der Waals surface area (Å²) in [6, 6.07) is 43.6. The molecular weight excluding hydrogens is 391 g/mol. The highest BCUT2D eigenvalue weighted by atomic mass is 31.2. The summed E-state index contributed by atoms with van der Waals surface area (Å²) in [6.45, 7) is 0.638. The fourth-order valence-corrected chi connectivity index (χ4v) is 8.14. The molecule has 1 aliphatic rings. The van der Waals surface area contributed by atoms with Gasteiger partial charge in [-0.15, -0.1) is 0 Å². The van der Waals surface area contributed by atoms with E-state index in [9.17, 15) is 0 Å². The normalized spacial score (nSPS) is 18.3. The maximum Gasteiger partial charge on any atom is -0.0121 e. The van der Waals surface area contributed by atoms with Crippen molar-refractivity contribution in [3.63, 3.8) is 0 Å². The van der Waals surface area contributed by atoms with E-state index >= 15 is 0 Å². The van der Waals surface area contributed by atoms with Gasteiger partial charge in [0, 0.05) is 0 Å². The molecule has 0 N–H and O–H groups in total. The van der Waals surface area contributed by atoms with Crippen molar-refractivity contribution in [3.8, 4) is 0 Å². The molecule has 0 saturated heterocycles. The molecule has 4 aromatic rings. The van der Waals surface area contributed by atoms with Crippen LogP contribution in [0.1, 0.15) is 16.7 Å². The van der Waals surface area contributed by atoms with E-state index in [2.05, 4.69) is 140 Å². The third-order valence-electron chi connectivity index (χ3n) is 6.07. The molecule has 0 radical (unpaired) electrons. The average Bonchev–Trinajstić information content (AvgIpc) is 2.86. The molecule has 0 aliphatic carbocycles. The lowest BCUT2D eigenvalue weighted by Crippen LogP contribution is -2.16. The van der Waals surface area contributed by atoms with Gasteiger partial charge < -0.3 is 0 Å². The van der Waals surface area contributed by atoms with Crippen molar-refractivity contribution in [2.75, 3.05) is 6.66 Å². The van der Waals surface area contributed by atoms with E-state index in [1.165, 1.54) is 38.2 Å². The van der Waals surface area contributed by atoms with Crippen LogP contribution in [0.2, 0.25) is 0 Å². The third-order valence-corrected chi connectivity index (χ3v) is 10.1. The maximum absolute atomic E-state index is 2.47. The summed E-state index contributed by atoms with van der Waals surface area (Å²) < 4.78 is 0. The van der Waals surface area contributed by atoms with Crippen LogP contribution in [-0.2, 0) is 0 Å². The van der Waals surface area contributed by atoms with Crippen LogP contribution < -0.4 is 5.30 Å². The van der Waals surface area contributed by atoms with Crippen molar-refractivity contribution in [3.05, 3.63) is 150 Å². The number of rotatable bonds is 4. The lowest BCUT2D eigenvalue weighted by molar-refractivity contribution is 1.60. The molecule has 1 atom stereocenters. The Morgan fingerprint density at radius 2 is 0.903 bits per heavy atom. The summed E-state index contributed by atoms with van der Waals surface area (Å²) in [4.78, 5) is 0. The van der Waals surface area contributed by atoms with Crippen LogP contribution in [0.5, 0.6) is 0 Å². The van der Waals surface area contributed by atoms with Gasteiger partial charge >= 0.3 is 0 Å². The molecule has 0 saturated carbocycles. The molecule has 31 heavy (non-hydrogen) atoms. The Morgan fingerprint density at radius 1 is 0.452 bits per heavy atom. The van der Waals surface area contributed by atoms with E-state index in [-0.39, 0.29) is 0 Å². The predicted octanol–water partition coefficient (Wildman–Crippen LogP) is 7.32. The van der Waals surface area contributed by atoms with Gasteiger partial charge in [0.05, 0.1) is 0 Å². The molecule has 1 heteroatoms. The molecule has 0 nitrogen and oxygen atoms in total. The summed E-state index contributed by atoms with van der Waals surface area (Å²) in [5.74, 6) is 0. The molecule has 0 bridgehead atoms. The zero-order valence-electron chi connectivity index (χ0n) is 17.6. The summed E-state index contributed by atoms with van der Waals surface area (Å²) in [5.41, 5.74) is 5.13. The largest absolute Gasteiger partial charge is 0.0622 e. The van der Waals surface area contributed by atoms with Crippen LogP contribution in [0.25, 0.3) is 10.9 Å². The smallest absolute Gasteiger partial charge is 0.0121 e. The minimum absolute atomic E-state index is 1.25. The van der Waals surface area contributed by atoms with Crippen molar-refractivity contribution in [1.82, 2.24) is 0 Å². The molecule has 0 spiro atoms. The van der Waals surface area contributed by atoms with Crippen molar-refractivity contribution >= 4 is 28.4 Å². The molecule has 150 valence electrons. The van der Waals surface area contributed by atoms with Crippen LogP contribution in [0.4, 0.5) is 0 Å². The monoisotopic (exact) mass is 416 g/mol. The summed E-state index contributed by atoms with van der Waals surface area (Å²) >= 11 is 0. The van der Waals surface area contributed by atoms with Gasteiger partial charge in [0.25, 0.3) is 0 Å². The van der Waals surface area contributed by atoms with Gasteiger partial charge in [-0.25, -0.2) is 0 Å². The Morgan fingerprint density at radius 3 is 1.45 bits per heavy atom. The quantitative estimate of drug-likeness (QED) is 0.306. The second-order valence-corrected chi connectivity index (χ2v) is 11.4. The number of hydrogen-bond acceptors (Lipinski definition) is 0. The van der Waals surface area contributed by atoms with Crippen LogP contribution in [0, 0.1) is 0 Å². The Bertz CT molecular complexity index is 1290. The highest BCUT2D eigenvalue weighted by molar-refractivity contribution is 7.91. The minimum atomic E-state index is -1.84. The van der Waals surface area contributed by atoms with E-state index in [4.69, 9.17) is 0 Å². The molecule has 0 amide bonds. The second kappa shape index (κ2) is 8.42. The van der Waals surface area contributed by atoms with E-state index in [0.717, 1.165) is 0 Å². The summed E-state index contributed by atoms with van der Waals surface area (Å²) in [6.07, 6.45) is 4.86. The zero-order chi connectivity index (χ0) is 21.1. The van der Waals surface area contributed by atoms with Gasteiger partial charge in [-0.1, -0.05) is 121 Å². The fourth-order valence-electron chi connectivity index (χ4n) is 4.43. The molecule has 5 rings (SSSR count). The molecule has 0 fully saturated rings. The van der Waals surface area contributed by atoms with E-state index in [1.807, 2.05) is 0 Å². The Kier molecular flexibility index (Phi) is 5.33. The number of benzene rings is 4. The minimum Gasteiger partial charge on any atom is -0.0622 e. The first-order chi connectivity index (χ1) is 15.3.